The fourth-order valence-corrected chi connectivity index (χ4v) is 5.06. The van der Waals surface area contributed by atoms with Crippen LogP contribution in [-0.2, 0) is 19.4 Å². The molecular formula is C23H30N2O5S. The maximum absolute atomic E-state index is 13.3. The molecule has 0 saturated carbocycles. The molecule has 8 heteroatoms. The molecule has 1 fully saturated rings. The fourth-order valence-electron chi connectivity index (χ4n) is 3.53. The van der Waals surface area contributed by atoms with E-state index in [1.165, 1.54) is 0 Å². The van der Waals surface area contributed by atoms with Crippen LogP contribution in [-0.4, -0.2) is 82.4 Å². The summed E-state index contributed by atoms with van der Waals surface area (Å²) in [6.45, 7) is 4.66. The molecule has 1 heterocycles. The molecule has 1 amide bonds. The van der Waals surface area contributed by atoms with Crippen molar-refractivity contribution in [2.45, 2.75) is 17.9 Å². The zero-order valence-corrected chi connectivity index (χ0v) is 18.9. The first kappa shape index (κ1) is 23.2. The van der Waals surface area contributed by atoms with Crippen molar-refractivity contribution in [3.05, 3.63) is 60.2 Å². The van der Waals surface area contributed by atoms with Crippen molar-refractivity contribution in [1.29, 1.82) is 0 Å². The molecule has 0 bridgehead atoms. The summed E-state index contributed by atoms with van der Waals surface area (Å²) >= 11 is 0. The zero-order valence-electron chi connectivity index (χ0n) is 18.1. The van der Waals surface area contributed by atoms with Crippen LogP contribution in [0.2, 0.25) is 0 Å². The Bertz CT molecular complexity index is 959. The molecule has 0 unspecified atom stereocenters. The van der Waals surface area contributed by atoms with Gasteiger partial charge in [-0.15, -0.1) is 0 Å². The van der Waals surface area contributed by atoms with Crippen molar-refractivity contribution < 1.29 is 22.7 Å². The molecule has 1 aliphatic rings. The normalized spacial score (nSPS) is 15.9. The largest absolute Gasteiger partial charge is 0.491 e. The van der Waals surface area contributed by atoms with E-state index in [4.69, 9.17) is 9.47 Å². The second-order valence-corrected chi connectivity index (χ2v) is 9.67. The van der Waals surface area contributed by atoms with E-state index in [0.717, 1.165) is 11.3 Å². The van der Waals surface area contributed by atoms with Gasteiger partial charge in [-0.25, -0.2) is 8.42 Å². The van der Waals surface area contributed by atoms with Crippen LogP contribution in [0.4, 0.5) is 0 Å². The number of carbonyl (C=O) groups is 1. The quantitative estimate of drug-likeness (QED) is 0.587. The number of sulfone groups is 1. The van der Waals surface area contributed by atoms with Gasteiger partial charge >= 0.3 is 0 Å². The lowest BCUT2D eigenvalue weighted by atomic mass is 10.2. The Morgan fingerprint density at radius 1 is 1.10 bits per heavy atom. The van der Waals surface area contributed by atoms with Gasteiger partial charge in [0.1, 0.15) is 18.4 Å². The van der Waals surface area contributed by atoms with Crippen LogP contribution in [0.25, 0.3) is 0 Å². The summed E-state index contributed by atoms with van der Waals surface area (Å²) in [5, 5.41) is 0. The first-order chi connectivity index (χ1) is 14.9. The number of hydrogen-bond donors (Lipinski definition) is 0. The molecule has 0 spiro atoms. The van der Waals surface area contributed by atoms with Crippen molar-refractivity contribution in [3.63, 3.8) is 0 Å². The minimum Gasteiger partial charge on any atom is -0.491 e. The summed E-state index contributed by atoms with van der Waals surface area (Å²) in [5.41, 5.74) is 1.02. The number of aryl methyl sites for hydroxylation is 1. The third-order valence-electron chi connectivity index (χ3n) is 5.41. The molecule has 0 radical (unpaired) electrons. The van der Waals surface area contributed by atoms with Gasteiger partial charge in [0, 0.05) is 20.1 Å². The number of ether oxygens (including phenoxy) is 2. The number of rotatable bonds is 9. The topological polar surface area (TPSA) is 76.2 Å². The number of nitrogens with zero attached hydrogens (tertiary/aromatic N) is 2. The van der Waals surface area contributed by atoms with Gasteiger partial charge in [-0.2, -0.15) is 0 Å². The van der Waals surface area contributed by atoms with Crippen molar-refractivity contribution in [3.8, 4) is 5.75 Å². The zero-order chi connectivity index (χ0) is 22.3. The maximum atomic E-state index is 13.3. The molecule has 0 aromatic heterocycles. The number of morpholine rings is 1. The Morgan fingerprint density at radius 3 is 2.42 bits per heavy atom. The number of carbonyl (C=O) groups excluding carboxylic acids is 1. The summed E-state index contributed by atoms with van der Waals surface area (Å²) in [5.74, 6) is 0.285. The first-order valence-electron chi connectivity index (χ1n) is 10.4. The van der Waals surface area contributed by atoms with E-state index < -0.39 is 15.9 Å². The highest BCUT2D eigenvalue weighted by Gasteiger charge is 2.34. The number of likely N-dealkylation sites (N-methyl/N-ethyl adjacent to an activating group) is 1. The molecule has 1 atom stereocenters. The van der Waals surface area contributed by atoms with E-state index in [1.54, 1.807) is 42.3 Å². The summed E-state index contributed by atoms with van der Waals surface area (Å²) in [6, 6.07) is 15.2. The van der Waals surface area contributed by atoms with Crippen LogP contribution in [0.3, 0.4) is 0 Å². The molecule has 31 heavy (non-hydrogen) atoms. The maximum Gasteiger partial charge on any atom is 0.240 e. The van der Waals surface area contributed by atoms with Gasteiger partial charge in [0.25, 0.3) is 0 Å². The molecule has 1 saturated heterocycles. The molecule has 2 aromatic carbocycles. The molecule has 3 rings (SSSR count). The van der Waals surface area contributed by atoms with Gasteiger partial charge in [-0.05, 0) is 30.7 Å². The average molecular weight is 447 g/mol. The van der Waals surface area contributed by atoms with E-state index >= 15 is 0 Å². The smallest absolute Gasteiger partial charge is 0.240 e. The monoisotopic (exact) mass is 446 g/mol. The molecule has 168 valence electrons. The van der Waals surface area contributed by atoms with Gasteiger partial charge in [-0.1, -0.05) is 36.4 Å². The van der Waals surface area contributed by atoms with Gasteiger partial charge in [0.2, 0.25) is 5.91 Å². The third-order valence-corrected chi connectivity index (χ3v) is 7.15. The van der Waals surface area contributed by atoms with Crippen molar-refractivity contribution in [1.82, 2.24) is 9.80 Å². The SMILES string of the molecule is Cc1ccccc1OCCN(C)C(=O)[C@H](CS(=O)(=O)c1ccccc1)N1CCOCC1. The van der Waals surface area contributed by atoms with Crippen molar-refractivity contribution >= 4 is 15.7 Å². The lowest BCUT2D eigenvalue weighted by molar-refractivity contribution is -0.136. The summed E-state index contributed by atoms with van der Waals surface area (Å²) in [6.07, 6.45) is 0. The highest BCUT2D eigenvalue weighted by molar-refractivity contribution is 7.91. The lowest BCUT2D eigenvalue weighted by Crippen LogP contribution is -2.54. The highest BCUT2D eigenvalue weighted by atomic mass is 32.2. The van der Waals surface area contributed by atoms with E-state index in [9.17, 15) is 13.2 Å². The second-order valence-electron chi connectivity index (χ2n) is 7.63. The number of amides is 1. The number of hydrogen-bond acceptors (Lipinski definition) is 6. The van der Waals surface area contributed by atoms with Crippen LogP contribution in [0.1, 0.15) is 5.56 Å². The molecule has 1 aliphatic heterocycles. The van der Waals surface area contributed by atoms with Gasteiger partial charge in [0.05, 0.1) is 30.4 Å². The van der Waals surface area contributed by atoms with Gasteiger partial charge in [-0.3, -0.25) is 9.69 Å². The van der Waals surface area contributed by atoms with Crippen LogP contribution in [0, 0.1) is 6.92 Å². The average Bonchev–Trinajstić information content (AvgIpc) is 2.79. The predicted molar refractivity (Wildman–Crippen MR) is 119 cm³/mol. The van der Waals surface area contributed by atoms with Crippen molar-refractivity contribution in [2.75, 3.05) is 52.3 Å². The summed E-state index contributed by atoms with van der Waals surface area (Å²) < 4.78 is 37.2. The molecule has 0 N–H and O–H groups in total. The Balaban J connectivity index is 1.69. The van der Waals surface area contributed by atoms with Crippen LogP contribution in [0.5, 0.6) is 5.75 Å². The van der Waals surface area contributed by atoms with E-state index in [1.807, 2.05) is 36.1 Å². The Kier molecular flexibility index (Phi) is 8.06. The molecular weight excluding hydrogens is 416 g/mol. The van der Waals surface area contributed by atoms with Gasteiger partial charge < -0.3 is 14.4 Å². The summed E-state index contributed by atoms with van der Waals surface area (Å²) in [4.78, 5) is 17.0. The predicted octanol–water partition coefficient (Wildman–Crippen LogP) is 2.01. The molecule has 0 aliphatic carbocycles. The van der Waals surface area contributed by atoms with Gasteiger partial charge in [0.15, 0.2) is 9.84 Å². The fraction of sp³-hybridized carbons (Fsp3) is 0.435. The number of para-hydroxylation sites is 1. The summed E-state index contributed by atoms with van der Waals surface area (Å²) in [7, 11) is -1.93. The van der Waals surface area contributed by atoms with E-state index in [2.05, 4.69) is 0 Å². The molecule has 7 nitrogen and oxygen atoms in total. The van der Waals surface area contributed by atoms with Crippen molar-refractivity contribution in [2.24, 2.45) is 0 Å². The minimum absolute atomic E-state index is 0.227. The van der Waals surface area contributed by atoms with Crippen LogP contribution in [0.15, 0.2) is 59.5 Å². The third kappa shape index (κ3) is 6.29. The minimum atomic E-state index is -3.62. The van der Waals surface area contributed by atoms with Crippen LogP contribution < -0.4 is 4.74 Å². The Labute approximate surface area is 184 Å². The first-order valence-corrected chi connectivity index (χ1v) is 12.1. The Hall–Kier alpha value is -2.42. The van der Waals surface area contributed by atoms with E-state index in [0.29, 0.717) is 39.5 Å². The molecule has 2 aromatic rings. The van der Waals surface area contributed by atoms with Crippen LogP contribution >= 0.6 is 0 Å². The second kappa shape index (κ2) is 10.7. The Morgan fingerprint density at radius 2 is 1.74 bits per heavy atom. The lowest BCUT2D eigenvalue weighted by Gasteiger charge is -2.35. The number of benzene rings is 2. The highest BCUT2D eigenvalue weighted by Crippen LogP contribution is 2.18. The standard InChI is InChI=1S/C23H30N2O5S/c1-19-8-6-7-11-22(19)30-17-12-24(2)23(26)21(25-13-15-29-16-14-25)18-31(27,28)20-9-4-3-5-10-20/h3-11,21H,12-18H2,1-2H3/t21-/m0/s1. The van der Waals surface area contributed by atoms with E-state index in [-0.39, 0.29) is 16.6 Å².